The van der Waals surface area contributed by atoms with Crippen LogP contribution in [0.3, 0.4) is 0 Å². The molecule has 0 amide bonds. The number of esters is 2. The summed E-state index contributed by atoms with van der Waals surface area (Å²) >= 11 is 0. The van der Waals surface area contributed by atoms with Crippen LogP contribution in [0.15, 0.2) is 115 Å². The first-order chi connectivity index (χ1) is 26.3. The number of hydrogen-bond acceptors (Lipinski definition) is 9. The molecular formula is C44H41NO9. The van der Waals surface area contributed by atoms with Gasteiger partial charge in [0.25, 0.3) is 0 Å². The molecule has 0 bridgehead atoms. The molecule has 0 saturated carbocycles. The van der Waals surface area contributed by atoms with E-state index in [1.807, 2.05) is 48.5 Å². The lowest BCUT2D eigenvalue weighted by Crippen LogP contribution is -2.14. The van der Waals surface area contributed by atoms with E-state index >= 15 is 0 Å². The summed E-state index contributed by atoms with van der Waals surface area (Å²) < 4.78 is 32.5. The highest BCUT2D eigenvalue weighted by Gasteiger charge is 2.15. The molecule has 0 N–H and O–H groups in total. The van der Waals surface area contributed by atoms with E-state index in [-0.39, 0.29) is 70.6 Å². The monoisotopic (exact) mass is 727 g/mol. The Morgan fingerprint density at radius 3 is 1.26 bits per heavy atom. The Kier molecular flexibility index (Phi) is 14.5. The molecule has 0 atom stereocenters. The van der Waals surface area contributed by atoms with Crippen LogP contribution in [0.1, 0.15) is 29.8 Å². The van der Waals surface area contributed by atoms with Crippen molar-refractivity contribution in [2.75, 3.05) is 52.9 Å². The lowest BCUT2D eigenvalue weighted by atomic mass is 9.96. The van der Waals surface area contributed by atoms with Crippen molar-refractivity contribution in [3.05, 3.63) is 138 Å². The van der Waals surface area contributed by atoms with E-state index in [9.17, 15) is 14.4 Å². The molecule has 5 aromatic rings. The van der Waals surface area contributed by atoms with E-state index in [4.69, 9.17) is 35.0 Å². The maximum Gasteiger partial charge on any atom is 0.302 e. The Labute approximate surface area is 315 Å². The number of carbonyl (C=O) groups excluding carboxylic acids is 3. The fraction of sp³-hybridized carbons (Fsp3) is 0.227. The fourth-order valence-electron chi connectivity index (χ4n) is 5.41. The van der Waals surface area contributed by atoms with E-state index < -0.39 is 0 Å². The van der Waals surface area contributed by atoms with Crippen LogP contribution >= 0.6 is 0 Å². The van der Waals surface area contributed by atoms with Crippen LogP contribution in [0, 0.1) is 6.57 Å². The summed E-state index contributed by atoms with van der Waals surface area (Å²) in [6, 6.07) is 36.7. The predicted molar refractivity (Wildman–Crippen MR) is 205 cm³/mol. The minimum absolute atomic E-state index is 0.146. The minimum atomic E-state index is -0.376. The fourth-order valence-corrected chi connectivity index (χ4v) is 5.41. The quantitative estimate of drug-likeness (QED) is 0.0359. The van der Waals surface area contributed by atoms with Gasteiger partial charge in [-0.05, 0) is 51.6 Å². The molecule has 0 unspecified atom stereocenters. The van der Waals surface area contributed by atoms with Gasteiger partial charge in [0.2, 0.25) is 0 Å². The highest BCUT2D eigenvalue weighted by molar-refractivity contribution is 6.09. The highest BCUT2D eigenvalue weighted by Crippen LogP contribution is 2.31. The molecule has 0 saturated heterocycles. The molecule has 0 aliphatic rings. The lowest BCUT2D eigenvalue weighted by molar-refractivity contribution is -0.143. The molecule has 0 aromatic heterocycles. The summed E-state index contributed by atoms with van der Waals surface area (Å²) in [6.07, 6.45) is 0. The van der Waals surface area contributed by atoms with Gasteiger partial charge in [-0.15, -0.1) is 0 Å². The van der Waals surface area contributed by atoms with Gasteiger partial charge in [-0.2, -0.15) is 0 Å². The number of benzene rings is 5. The Bertz CT molecular complexity index is 2030. The number of ketones is 1. The van der Waals surface area contributed by atoms with Crippen molar-refractivity contribution in [1.29, 1.82) is 0 Å². The molecule has 0 aliphatic carbocycles. The SMILES string of the molecule is [C-]#[N+]c1ccc(-c2ccc(-c3ccc(-c4ccc(C(=O)c5ccc(OCCOCCOC(C)=O)c(OCCOCCOC(C)=O)c5)cc4)cc3)cc2)cc1. The summed E-state index contributed by atoms with van der Waals surface area (Å²) in [7, 11) is 0. The Hall–Kier alpha value is -6.28. The number of carbonyl (C=O) groups is 3. The van der Waals surface area contributed by atoms with Crippen LogP contribution in [0.25, 0.3) is 38.2 Å². The molecule has 0 heterocycles. The highest BCUT2D eigenvalue weighted by atomic mass is 16.6. The number of hydrogen-bond donors (Lipinski definition) is 0. The Morgan fingerprint density at radius 1 is 0.463 bits per heavy atom. The normalized spacial score (nSPS) is 10.6. The maximum atomic E-state index is 13.6. The van der Waals surface area contributed by atoms with Gasteiger partial charge in [0.1, 0.15) is 26.4 Å². The molecule has 10 nitrogen and oxygen atoms in total. The summed E-state index contributed by atoms with van der Waals surface area (Å²) in [5.41, 5.74) is 7.91. The molecule has 5 aromatic carbocycles. The number of rotatable bonds is 19. The van der Waals surface area contributed by atoms with Crippen LogP contribution in [0.2, 0.25) is 0 Å². The number of nitrogens with zero attached hydrogens (tertiary/aromatic N) is 1. The third-order valence-corrected chi connectivity index (χ3v) is 8.16. The van der Waals surface area contributed by atoms with Gasteiger partial charge in [-0.25, -0.2) is 4.85 Å². The van der Waals surface area contributed by atoms with Crippen molar-refractivity contribution in [3.8, 4) is 44.9 Å². The molecule has 0 spiro atoms. The van der Waals surface area contributed by atoms with Crippen molar-refractivity contribution in [3.63, 3.8) is 0 Å². The van der Waals surface area contributed by atoms with Gasteiger partial charge in [-0.3, -0.25) is 14.4 Å². The lowest BCUT2D eigenvalue weighted by Gasteiger charge is -2.15. The molecule has 5 rings (SSSR count). The van der Waals surface area contributed by atoms with Crippen molar-refractivity contribution in [2.45, 2.75) is 13.8 Å². The van der Waals surface area contributed by atoms with E-state index in [2.05, 4.69) is 53.4 Å². The van der Waals surface area contributed by atoms with Gasteiger partial charge in [0.15, 0.2) is 23.0 Å². The van der Waals surface area contributed by atoms with Gasteiger partial charge in [-0.1, -0.05) is 97.1 Å². The second-order valence-electron chi connectivity index (χ2n) is 12.0. The van der Waals surface area contributed by atoms with Crippen LogP contribution in [0.4, 0.5) is 5.69 Å². The minimum Gasteiger partial charge on any atom is -0.487 e. The first-order valence-corrected chi connectivity index (χ1v) is 17.5. The van der Waals surface area contributed by atoms with E-state index in [0.717, 1.165) is 33.4 Å². The van der Waals surface area contributed by atoms with Crippen LogP contribution < -0.4 is 9.47 Å². The van der Waals surface area contributed by atoms with Crippen LogP contribution in [-0.4, -0.2) is 70.6 Å². The van der Waals surface area contributed by atoms with Crippen LogP contribution in [0.5, 0.6) is 11.5 Å². The van der Waals surface area contributed by atoms with Crippen LogP contribution in [-0.2, 0) is 28.5 Å². The topological polar surface area (TPSA) is 111 Å². The molecule has 276 valence electrons. The Morgan fingerprint density at radius 2 is 0.833 bits per heavy atom. The average molecular weight is 728 g/mol. The maximum absolute atomic E-state index is 13.6. The largest absolute Gasteiger partial charge is 0.487 e. The van der Waals surface area contributed by atoms with E-state index in [0.29, 0.717) is 28.3 Å². The number of ether oxygens (including phenoxy) is 6. The zero-order chi connectivity index (χ0) is 38.1. The first-order valence-electron chi connectivity index (χ1n) is 17.5. The van der Waals surface area contributed by atoms with E-state index in [1.165, 1.54) is 13.8 Å². The molecule has 10 heteroatoms. The second-order valence-corrected chi connectivity index (χ2v) is 12.0. The van der Waals surface area contributed by atoms with Crippen molar-refractivity contribution < 1.29 is 42.8 Å². The molecular weight excluding hydrogens is 686 g/mol. The molecule has 0 aliphatic heterocycles. The average Bonchev–Trinajstić information content (AvgIpc) is 3.20. The van der Waals surface area contributed by atoms with Gasteiger partial charge in [0, 0.05) is 25.0 Å². The van der Waals surface area contributed by atoms with Gasteiger partial charge in [0.05, 0.1) is 33.0 Å². The summed E-state index contributed by atoms with van der Waals surface area (Å²) in [4.78, 5) is 38.9. The predicted octanol–water partition coefficient (Wildman–Crippen LogP) is 8.39. The Balaban J connectivity index is 1.20. The molecule has 0 fully saturated rings. The zero-order valence-corrected chi connectivity index (χ0v) is 30.2. The van der Waals surface area contributed by atoms with Crippen molar-refractivity contribution in [2.24, 2.45) is 0 Å². The van der Waals surface area contributed by atoms with Gasteiger partial charge >= 0.3 is 11.9 Å². The third kappa shape index (κ3) is 11.6. The first kappa shape index (κ1) is 38.9. The zero-order valence-electron chi connectivity index (χ0n) is 30.2. The van der Waals surface area contributed by atoms with Crippen molar-refractivity contribution in [1.82, 2.24) is 0 Å². The smallest absolute Gasteiger partial charge is 0.302 e. The molecule has 0 radical (unpaired) electrons. The summed E-state index contributed by atoms with van der Waals surface area (Å²) in [6.45, 7) is 11.5. The third-order valence-electron chi connectivity index (χ3n) is 8.16. The second kappa shape index (κ2) is 20.1. The van der Waals surface area contributed by atoms with Crippen molar-refractivity contribution >= 4 is 23.4 Å². The van der Waals surface area contributed by atoms with E-state index in [1.54, 1.807) is 18.2 Å². The standard InChI is InChI=1S/C44H41NO9/c1-31(46)51-26-22-49-24-28-53-42-21-18-40(30-43(42)54-29-25-50-23-27-52-32(2)47)44(48)39-14-12-37(13-15-39)35-6-4-33(5-7-35)34-8-10-36(11-9-34)38-16-19-41(45-3)20-17-38/h4-21,30H,22-29H2,1-2H3. The van der Waals surface area contributed by atoms with Gasteiger partial charge < -0.3 is 28.4 Å². The summed E-state index contributed by atoms with van der Waals surface area (Å²) in [5.74, 6) is -0.128. The summed E-state index contributed by atoms with van der Waals surface area (Å²) in [5, 5.41) is 0. The molecule has 54 heavy (non-hydrogen) atoms.